The van der Waals surface area contributed by atoms with Crippen molar-refractivity contribution in [3.8, 4) is 22.8 Å². The summed E-state index contributed by atoms with van der Waals surface area (Å²) in [6, 6.07) is 20.0. The van der Waals surface area contributed by atoms with Crippen LogP contribution >= 0.6 is 11.6 Å². The third kappa shape index (κ3) is 3.75. The van der Waals surface area contributed by atoms with Gasteiger partial charge in [0.05, 0.1) is 23.2 Å². The summed E-state index contributed by atoms with van der Waals surface area (Å²) in [5.74, 6) is 1.22. The van der Waals surface area contributed by atoms with Gasteiger partial charge in [-0.15, -0.1) is 0 Å². The first-order valence-electron chi connectivity index (χ1n) is 9.21. The van der Waals surface area contributed by atoms with E-state index >= 15 is 0 Å². The molecule has 1 aromatic heterocycles. The molecule has 146 valence electrons. The Morgan fingerprint density at radius 2 is 1.83 bits per heavy atom. The molecule has 0 spiro atoms. The second-order valence-electron chi connectivity index (χ2n) is 6.62. The van der Waals surface area contributed by atoms with Crippen molar-refractivity contribution < 1.29 is 9.84 Å². The van der Waals surface area contributed by atoms with Crippen molar-refractivity contribution in [3.05, 3.63) is 87.7 Å². The fourth-order valence-corrected chi connectivity index (χ4v) is 3.39. The Balaban J connectivity index is 1.96. The molecule has 0 aliphatic heterocycles. The summed E-state index contributed by atoms with van der Waals surface area (Å²) >= 11 is 6.04. The zero-order chi connectivity index (χ0) is 20.4. The Labute approximate surface area is 172 Å². The smallest absolute Gasteiger partial charge is 0.266 e. The van der Waals surface area contributed by atoms with Gasteiger partial charge in [0.1, 0.15) is 18.2 Å². The van der Waals surface area contributed by atoms with Crippen LogP contribution in [0.1, 0.15) is 5.56 Å². The van der Waals surface area contributed by atoms with Gasteiger partial charge in [0.15, 0.2) is 0 Å². The van der Waals surface area contributed by atoms with Gasteiger partial charge in [0.2, 0.25) is 0 Å². The number of aryl methyl sites for hydroxylation is 1. The molecular formula is C23H19ClN2O3. The number of fused-ring (bicyclic) bond motifs is 1. The number of aliphatic hydroxyl groups excluding tert-OH is 1. The molecule has 0 aliphatic rings. The van der Waals surface area contributed by atoms with Gasteiger partial charge in [-0.1, -0.05) is 23.7 Å². The molecule has 0 atom stereocenters. The molecule has 4 aromatic rings. The zero-order valence-corrected chi connectivity index (χ0v) is 16.6. The summed E-state index contributed by atoms with van der Waals surface area (Å²) in [5, 5.41) is 10.1. The molecular weight excluding hydrogens is 388 g/mol. The van der Waals surface area contributed by atoms with Gasteiger partial charge in [-0.25, -0.2) is 4.98 Å². The van der Waals surface area contributed by atoms with Crippen molar-refractivity contribution in [3.63, 3.8) is 0 Å². The highest BCUT2D eigenvalue weighted by molar-refractivity contribution is 6.30. The Hall–Kier alpha value is -3.15. The Kier molecular flexibility index (Phi) is 5.34. The highest BCUT2D eigenvalue weighted by atomic mass is 35.5. The maximum atomic E-state index is 13.3. The van der Waals surface area contributed by atoms with E-state index in [0.717, 1.165) is 11.1 Å². The Morgan fingerprint density at radius 3 is 2.55 bits per heavy atom. The van der Waals surface area contributed by atoms with Crippen LogP contribution in [0.3, 0.4) is 0 Å². The molecule has 1 heterocycles. The monoisotopic (exact) mass is 406 g/mol. The van der Waals surface area contributed by atoms with E-state index in [-0.39, 0.29) is 18.8 Å². The lowest BCUT2D eigenvalue weighted by molar-refractivity contribution is 0.200. The number of hydrogen-bond donors (Lipinski definition) is 1. The molecule has 0 radical (unpaired) electrons. The van der Waals surface area contributed by atoms with Crippen LogP contribution in [-0.4, -0.2) is 27.9 Å². The standard InChI is InChI=1S/C23H19ClN2O3/c1-15-14-16(6-11-21(15)29-13-12-27)22-25-20-5-3-2-4-19(20)23(28)26(22)18-9-7-17(24)8-10-18/h2-11,14,27H,12-13H2,1H3. The number of hydrogen-bond acceptors (Lipinski definition) is 4. The van der Waals surface area contributed by atoms with Gasteiger partial charge in [0, 0.05) is 10.6 Å². The van der Waals surface area contributed by atoms with Gasteiger partial charge in [-0.2, -0.15) is 0 Å². The van der Waals surface area contributed by atoms with Crippen molar-refractivity contribution in [2.45, 2.75) is 6.92 Å². The van der Waals surface area contributed by atoms with Crippen molar-refractivity contribution in [1.82, 2.24) is 9.55 Å². The number of aliphatic hydroxyl groups is 1. The molecule has 0 unspecified atom stereocenters. The summed E-state index contributed by atoms with van der Waals surface area (Å²) in [5.41, 5.74) is 2.85. The minimum absolute atomic E-state index is 0.0521. The summed E-state index contributed by atoms with van der Waals surface area (Å²) in [6.45, 7) is 2.09. The SMILES string of the molecule is Cc1cc(-c2nc3ccccc3c(=O)n2-c2ccc(Cl)cc2)ccc1OCCO. The predicted molar refractivity (Wildman–Crippen MR) is 115 cm³/mol. The number of halogens is 1. The van der Waals surface area contributed by atoms with Gasteiger partial charge in [0.25, 0.3) is 5.56 Å². The zero-order valence-electron chi connectivity index (χ0n) is 15.8. The molecule has 1 N–H and O–H groups in total. The molecule has 0 fully saturated rings. The third-order valence-electron chi connectivity index (χ3n) is 4.64. The number of rotatable bonds is 5. The Bertz CT molecular complexity index is 1230. The summed E-state index contributed by atoms with van der Waals surface area (Å²) in [4.78, 5) is 18.1. The number of para-hydroxylation sites is 1. The van der Waals surface area contributed by atoms with Crippen LogP contribution in [0.5, 0.6) is 5.75 Å². The predicted octanol–water partition coefficient (Wildman–Crippen LogP) is 4.39. The molecule has 5 nitrogen and oxygen atoms in total. The largest absolute Gasteiger partial charge is 0.491 e. The van der Waals surface area contributed by atoms with E-state index < -0.39 is 0 Å². The minimum atomic E-state index is -0.147. The van der Waals surface area contributed by atoms with Crippen molar-refractivity contribution in [2.75, 3.05) is 13.2 Å². The average Bonchev–Trinajstić information content (AvgIpc) is 2.74. The van der Waals surface area contributed by atoms with Crippen molar-refractivity contribution in [2.24, 2.45) is 0 Å². The Morgan fingerprint density at radius 1 is 1.07 bits per heavy atom. The number of nitrogens with zero attached hydrogens (tertiary/aromatic N) is 2. The maximum absolute atomic E-state index is 13.3. The van der Waals surface area contributed by atoms with Crippen LogP contribution in [0, 0.1) is 6.92 Å². The average molecular weight is 407 g/mol. The van der Waals surface area contributed by atoms with Crippen LogP contribution in [-0.2, 0) is 0 Å². The lowest BCUT2D eigenvalue weighted by atomic mass is 10.1. The highest BCUT2D eigenvalue weighted by Gasteiger charge is 2.15. The van der Waals surface area contributed by atoms with Crippen LogP contribution in [0.4, 0.5) is 0 Å². The van der Waals surface area contributed by atoms with Crippen LogP contribution in [0.25, 0.3) is 28.0 Å². The molecule has 4 rings (SSSR count). The van der Waals surface area contributed by atoms with E-state index in [9.17, 15) is 4.79 Å². The van der Waals surface area contributed by atoms with E-state index in [1.807, 2.05) is 43.3 Å². The van der Waals surface area contributed by atoms with E-state index in [4.69, 9.17) is 26.4 Å². The topological polar surface area (TPSA) is 64.4 Å². The third-order valence-corrected chi connectivity index (χ3v) is 4.89. The normalized spacial score (nSPS) is 11.0. The second-order valence-corrected chi connectivity index (χ2v) is 7.06. The van der Waals surface area contributed by atoms with E-state index in [0.29, 0.717) is 33.2 Å². The quantitative estimate of drug-likeness (QED) is 0.534. The van der Waals surface area contributed by atoms with Gasteiger partial charge < -0.3 is 9.84 Å². The molecule has 3 aromatic carbocycles. The van der Waals surface area contributed by atoms with Crippen LogP contribution in [0.2, 0.25) is 5.02 Å². The fraction of sp³-hybridized carbons (Fsp3) is 0.130. The van der Waals surface area contributed by atoms with E-state index in [1.54, 1.807) is 34.9 Å². The second kappa shape index (κ2) is 8.07. The van der Waals surface area contributed by atoms with Gasteiger partial charge in [-0.05, 0) is 67.1 Å². The molecule has 29 heavy (non-hydrogen) atoms. The van der Waals surface area contributed by atoms with Gasteiger partial charge >= 0.3 is 0 Å². The van der Waals surface area contributed by atoms with Gasteiger partial charge in [-0.3, -0.25) is 9.36 Å². The first kappa shape index (κ1) is 19.2. The maximum Gasteiger partial charge on any atom is 0.266 e. The number of aromatic nitrogens is 2. The number of benzene rings is 3. The minimum Gasteiger partial charge on any atom is -0.491 e. The lowest BCUT2D eigenvalue weighted by Crippen LogP contribution is -2.22. The molecule has 0 saturated carbocycles. The van der Waals surface area contributed by atoms with E-state index in [1.165, 1.54) is 0 Å². The molecule has 0 saturated heterocycles. The molecule has 0 amide bonds. The molecule has 0 bridgehead atoms. The summed E-state index contributed by atoms with van der Waals surface area (Å²) < 4.78 is 7.14. The summed E-state index contributed by atoms with van der Waals surface area (Å²) in [7, 11) is 0. The first-order valence-corrected chi connectivity index (χ1v) is 9.58. The number of ether oxygens (including phenoxy) is 1. The summed E-state index contributed by atoms with van der Waals surface area (Å²) in [6.07, 6.45) is 0. The highest BCUT2D eigenvalue weighted by Crippen LogP contribution is 2.27. The van der Waals surface area contributed by atoms with Crippen LogP contribution in [0.15, 0.2) is 71.5 Å². The molecule has 0 aliphatic carbocycles. The lowest BCUT2D eigenvalue weighted by Gasteiger charge is -2.15. The van der Waals surface area contributed by atoms with Crippen molar-refractivity contribution in [1.29, 1.82) is 0 Å². The van der Waals surface area contributed by atoms with Crippen molar-refractivity contribution >= 4 is 22.5 Å². The van der Waals surface area contributed by atoms with E-state index in [2.05, 4.69) is 0 Å². The first-order chi connectivity index (χ1) is 14.1. The fourth-order valence-electron chi connectivity index (χ4n) is 3.26. The molecule has 6 heteroatoms. The van der Waals surface area contributed by atoms with Crippen LogP contribution < -0.4 is 10.3 Å².